The Hall–Kier alpha value is -2.90. The zero-order valence-corrected chi connectivity index (χ0v) is 29.3. The summed E-state index contributed by atoms with van der Waals surface area (Å²) in [6.07, 6.45) is 2.39. The Morgan fingerprint density at radius 3 is 1.19 bits per heavy atom. The van der Waals surface area contributed by atoms with E-state index >= 15 is 0 Å². The molecule has 0 aromatic heterocycles. The Morgan fingerprint density at radius 1 is 0.512 bits per heavy atom. The van der Waals surface area contributed by atoms with Crippen molar-refractivity contribution >= 4 is 8.07 Å². The Labute approximate surface area is 263 Å². The minimum atomic E-state index is -1.78. The van der Waals surface area contributed by atoms with Crippen LogP contribution >= 0.6 is 0 Å². The van der Waals surface area contributed by atoms with Gasteiger partial charge in [-0.15, -0.1) is 0 Å². The van der Waals surface area contributed by atoms with E-state index in [9.17, 15) is 0 Å². The van der Waals surface area contributed by atoms with Crippen molar-refractivity contribution in [3.05, 3.63) is 118 Å². The highest BCUT2D eigenvalue weighted by atomic mass is 28.3. The van der Waals surface area contributed by atoms with E-state index in [0.29, 0.717) is 22.9 Å². The van der Waals surface area contributed by atoms with Gasteiger partial charge in [-0.05, 0) is 102 Å². The molecular weight excluding hydrogens is 533 g/mol. The Bertz CT molecular complexity index is 1500. The van der Waals surface area contributed by atoms with Gasteiger partial charge >= 0.3 is 0 Å². The first-order valence-corrected chi connectivity index (χ1v) is 19.8. The Morgan fingerprint density at radius 2 is 0.860 bits per heavy atom. The van der Waals surface area contributed by atoms with Crippen LogP contribution in [-0.2, 0) is 23.7 Å². The Kier molecular flexibility index (Phi) is 7.44. The van der Waals surface area contributed by atoms with Crippen LogP contribution in [0.5, 0.6) is 0 Å². The standard InChI is InChI=1S/C42H52Si/c1-27-25-37-33(29-17-21-31(22-18-29)41(3,4)5)13-11-15-35(37)39(27)43(9,10)40-28(2)26-38-34(14-12-16-36(38)40)30-19-23-32(24-20-30)42(6,7)8/h11-24,27-28,39-40H,25-26H2,1-10H3. The van der Waals surface area contributed by atoms with Gasteiger partial charge in [0.2, 0.25) is 0 Å². The molecule has 0 saturated heterocycles. The van der Waals surface area contributed by atoms with Crippen LogP contribution in [0.15, 0.2) is 84.9 Å². The van der Waals surface area contributed by atoms with E-state index in [1.165, 1.54) is 46.2 Å². The molecule has 4 atom stereocenters. The number of hydrogen-bond donors (Lipinski definition) is 0. The molecule has 43 heavy (non-hydrogen) atoms. The van der Waals surface area contributed by atoms with E-state index in [2.05, 4.69) is 153 Å². The van der Waals surface area contributed by atoms with Crippen LogP contribution in [0.25, 0.3) is 22.3 Å². The van der Waals surface area contributed by atoms with Crippen molar-refractivity contribution in [3.8, 4) is 22.3 Å². The van der Waals surface area contributed by atoms with Gasteiger partial charge in [0, 0.05) is 0 Å². The molecular formula is C42H52Si. The molecule has 4 aromatic rings. The molecule has 0 saturated carbocycles. The summed E-state index contributed by atoms with van der Waals surface area (Å²) < 4.78 is 0. The number of benzene rings is 4. The van der Waals surface area contributed by atoms with Crippen molar-refractivity contribution in [3.63, 3.8) is 0 Å². The maximum absolute atomic E-state index is 2.72. The van der Waals surface area contributed by atoms with Crippen molar-refractivity contribution in [2.45, 2.75) is 103 Å². The van der Waals surface area contributed by atoms with Crippen LogP contribution in [0.4, 0.5) is 0 Å². The summed E-state index contributed by atoms with van der Waals surface area (Å²) in [6, 6.07) is 33.2. The first-order valence-electron chi connectivity index (χ1n) is 16.6. The summed E-state index contributed by atoms with van der Waals surface area (Å²) in [5.41, 5.74) is 16.7. The number of fused-ring (bicyclic) bond motifs is 2. The van der Waals surface area contributed by atoms with Crippen LogP contribution in [0.3, 0.4) is 0 Å². The molecule has 0 bridgehead atoms. The highest BCUT2D eigenvalue weighted by Crippen LogP contribution is 2.55. The average Bonchev–Trinajstić information content (AvgIpc) is 3.48. The molecule has 6 rings (SSSR count). The monoisotopic (exact) mass is 584 g/mol. The zero-order chi connectivity index (χ0) is 30.9. The largest absolute Gasteiger partial charge is 0.0684 e. The topological polar surface area (TPSA) is 0 Å². The molecule has 0 nitrogen and oxygen atoms in total. The van der Waals surface area contributed by atoms with Gasteiger partial charge < -0.3 is 0 Å². The third-order valence-electron chi connectivity index (χ3n) is 11.0. The second-order valence-corrected chi connectivity index (χ2v) is 21.4. The molecule has 2 aliphatic rings. The van der Waals surface area contributed by atoms with E-state index < -0.39 is 8.07 Å². The molecule has 0 heterocycles. The first-order chi connectivity index (χ1) is 20.2. The SMILES string of the molecule is CC1Cc2c(-c3ccc(C(C)(C)C)cc3)cccc2C1[Si](C)(C)C1c2cccc(-c3ccc(C(C)(C)C)cc3)c2CC1C. The number of hydrogen-bond acceptors (Lipinski definition) is 0. The van der Waals surface area contributed by atoms with Crippen molar-refractivity contribution in [2.24, 2.45) is 11.8 Å². The third kappa shape index (κ3) is 5.26. The quantitative estimate of drug-likeness (QED) is 0.209. The lowest BCUT2D eigenvalue weighted by Crippen LogP contribution is -2.45. The highest BCUT2D eigenvalue weighted by Gasteiger charge is 2.51. The van der Waals surface area contributed by atoms with Gasteiger partial charge in [0.25, 0.3) is 0 Å². The second kappa shape index (κ2) is 10.6. The minimum Gasteiger partial charge on any atom is -0.0684 e. The van der Waals surface area contributed by atoms with E-state index in [-0.39, 0.29) is 10.8 Å². The molecule has 4 unspecified atom stereocenters. The van der Waals surface area contributed by atoms with Gasteiger partial charge in [-0.2, -0.15) is 0 Å². The van der Waals surface area contributed by atoms with E-state index in [1.54, 1.807) is 22.3 Å². The fraction of sp³-hybridized carbons (Fsp3) is 0.429. The maximum Gasteiger partial charge on any atom is 0.0634 e. The van der Waals surface area contributed by atoms with Crippen molar-refractivity contribution in [1.82, 2.24) is 0 Å². The molecule has 0 radical (unpaired) electrons. The van der Waals surface area contributed by atoms with Crippen LogP contribution < -0.4 is 0 Å². The lowest BCUT2D eigenvalue weighted by Gasteiger charge is -2.41. The van der Waals surface area contributed by atoms with Gasteiger partial charge in [0.05, 0.1) is 8.07 Å². The normalized spacial score (nSPS) is 22.0. The highest BCUT2D eigenvalue weighted by molar-refractivity contribution is 6.80. The first kappa shape index (κ1) is 30.1. The average molecular weight is 585 g/mol. The maximum atomic E-state index is 2.72. The summed E-state index contributed by atoms with van der Waals surface area (Å²) in [6.45, 7) is 24.3. The molecule has 0 N–H and O–H groups in total. The summed E-state index contributed by atoms with van der Waals surface area (Å²) in [5, 5.41) is 0. The molecule has 1 heteroatoms. The van der Waals surface area contributed by atoms with Gasteiger partial charge in [0.1, 0.15) is 0 Å². The smallest absolute Gasteiger partial charge is 0.0634 e. The van der Waals surface area contributed by atoms with Crippen LogP contribution in [0, 0.1) is 11.8 Å². The van der Waals surface area contributed by atoms with Crippen LogP contribution in [0.2, 0.25) is 13.1 Å². The lowest BCUT2D eigenvalue weighted by molar-refractivity contribution is 0.543. The van der Waals surface area contributed by atoms with Crippen molar-refractivity contribution in [1.29, 1.82) is 0 Å². The minimum absolute atomic E-state index is 0.177. The van der Waals surface area contributed by atoms with E-state index in [1.807, 2.05) is 0 Å². The summed E-state index contributed by atoms with van der Waals surface area (Å²) >= 11 is 0. The van der Waals surface area contributed by atoms with E-state index in [0.717, 1.165) is 0 Å². The summed E-state index contributed by atoms with van der Waals surface area (Å²) in [4.78, 5) is 0. The molecule has 2 aliphatic carbocycles. The second-order valence-electron chi connectivity index (χ2n) is 16.5. The van der Waals surface area contributed by atoms with Gasteiger partial charge in [-0.1, -0.05) is 153 Å². The molecule has 0 amide bonds. The van der Waals surface area contributed by atoms with Gasteiger partial charge in [0.15, 0.2) is 0 Å². The Balaban J connectivity index is 1.37. The third-order valence-corrected chi connectivity index (χ3v) is 16.0. The summed E-state index contributed by atoms with van der Waals surface area (Å²) in [5.74, 6) is 1.35. The van der Waals surface area contributed by atoms with Crippen LogP contribution in [0.1, 0.15) is 99.9 Å². The molecule has 0 aliphatic heterocycles. The van der Waals surface area contributed by atoms with E-state index in [4.69, 9.17) is 0 Å². The summed E-state index contributed by atoms with van der Waals surface area (Å²) in [7, 11) is -1.78. The van der Waals surface area contributed by atoms with Crippen LogP contribution in [-0.4, -0.2) is 8.07 Å². The van der Waals surface area contributed by atoms with Crippen molar-refractivity contribution in [2.75, 3.05) is 0 Å². The molecule has 224 valence electrons. The van der Waals surface area contributed by atoms with Gasteiger partial charge in [-0.25, -0.2) is 0 Å². The fourth-order valence-electron chi connectivity index (χ4n) is 9.04. The molecule has 0 fully saturated rings. The van der Waals surface area contributed by atoms with Crippen molar-refractivity contribution < 1.29 is 0 Å². The van der Waals surface area contributed by atoms with Gasteiger partial charge in [-0.3, -0.25) is 0 Å². The molecule has 4 aromatic carbocycles. The zero-order valence-electron chi connectivity index (χ0n) is 28.3. The fourth-order valence-corrected chi connectivity index (χ4v) is 14.7. The number of rotatable bonds is 4. The lowest BCUT2D eigenvalue weighted by atomic mass is 9.85. The predicted octanol–water partition coefficient (Wildman–Crippen LogP) is 11.7. The molecule has 0 spiro atoms. The predicted molar refractivity (Wildman–Crippen MR) is 190 cm³/mol.